The number of benzene rings is 1. The molecule has 14 heavy (non-hydrogen) atoms. The topological polar surface area (TPSA) is 24.5 Å². The lowest BCUT2D eigenvalue weighted by Crippen LogP contribution is -2.45. The van der Waals surface area contributed by atoms with Crippen molar-refractivity contribution in [2.24, 2.45) is 0 Å². The van der Waals surface area contributed by atoms with Crippen LogP contribution in [0.2, 0.25) is 0 Å². The summed E-state index contributed by atoms with van der Waals surface area (Å²) in [5, 5.41) is 5.11. The van der Waals surface area contributed by atoms with E-state index in [9.17, 15) is 4.39 Å². The van der Waals surface area contributed by atoms with Crippen LogP contribution in [0.5, 0.6) is 5.75 Å². The van der Waals surface area contributed by atoms with E-state index in [2.05, 4.69) is 5.32 Å². The molecule has 0 spiro atoms. The predicted octanol–water partition coefficient (Wildman–Crippen LogP) is 1.02. The highest BCUT2D eigenvalue weighted by Gasteiger charge is 2.10. The molecule has 1 fully saturated rings. The molecule has 0 unspecified atom stereocenters. The number of piperazine rings is 1. The van der Waals surface area contributed by atoms with Crippen molar-refractivity contribution in [2.45, 2.75) is 0 Å². The number of hydroxylamine groups is 2. The molecule has 0 aliphatic carbocycles. The summed E-state index contributed by atoms with van der Waals surface area (Å²) in [6.07, 6.45) is 0. The van der Waals surface area contributed by atoms with Crippen LogP contribution >= 0.6 is 0 Å². The van der Waals surface area contributed by atoms with Gasteiger partial charge in [-0.05, 0) is 24.3 Å². The number of rotatable bonds is 2. The quantitative estimate of drug-likeness (QED) is 0.764. The van der Waals surface area contributed by atoms with Gasteiger partial charge >= 0.3 is 0 Å². The lowest BCUT2D eigenvalue weighted by atomic mass is 10.3. The zero-order valence-corrected chi connectivity index (χ0v) is 7.87. The summed E-state index contributed by atoms with van der Waals surface area (Å²) in [6.45, 7) is 3.58. The van der Waals surface area contributed by atoms with Gasteiger partial charge in [0.15, 0.2) is 0 Å². The van der Waals surface area contributed by atoms with Crippen molar-refractivity contribution in [3.05, 3.63) is 30.1 Å². The van der Waals surface area contributed by atoms with Crippen LogP contribution in [0.4, 0.5) is 4.39 Å². The molecular weight excluding hydrogens is 183 g/mol. The van der Waals surface area contributed by atoms with Crippen molar-refractivity contribution in [3.8, 4) is 5.75 Å². The van der Waals surface area contributed by atoms with E-state index in [1.54, 1.807) is 12.1 Å². The first-order valence-corrected chi connectivity index (χ1v) is 4.74. The molecule has 1 saturated heterocycles. The van der Waals surface area contributed by atoms with Crippen LogP contribution in [0.25, 0.3) is 0 Å². The van der Waals surface area contributed by atoms with E-state index < -0.39 is 0 Å². The van der Waals surface area contributed by atoms with Gasteiger partial charge < -0.3 is 10.2 Å². The highest BCUT2D eigenvalue weighted by molar-refractivity contribution is 5.21. The third-order valence-electron chi connectivity index (χ3n) is 2.12. The Morgan fingerprint density at radius 1 is 1.14 bits per heavy atom. The summed E-state index contributed by atoms with van der Waals surface area (Å²) >= 11 is 0. The lowest BCUT2D eigenvalue weighted by Gasteiger charge is -2.26. The Kier molecular flexibility index (Phi) is 2.96. The molecule has 1 aromatic rings. The molecule has 1 aliphatic heterocycles. The minimum atomic E-state index is -0.238. The Bertz CT molecular complexity index is 283. The first-order chi connectivity index (χ1) is 6.84. The minimum absolute atomic E-state index is 0.238. The SMILES string of the molecule is Fc1ccc(ON2CCNCC2)cc1. The molecule has 76 valence electrons. The smallest absolute Gasteiger partial charge is 0.147 e. The maximum atomic E-state index is 12.6. The van der Waals surface area contributed by atoms with Crippen molar-refractivity contribution in [2.75, 3.05) is 26.2 Å². The molecule has 0 amide bonds. The van der Waals surface area contributed by atoms with E-state index in [1.807, 2.05) is 5.06 Å². The maximum absolute atomic E-state index is 12.6. The first kappa shape index (κ1) is 9.43. The average molecular weight is 196 g/mol. The molecule has 0 bridgehead atoms. The van der Waals surface area contributed by atoms with Crippen molar-refractivity contribution in [3.63, 3.8) is 0 Å². The number of halogens is 1. The normalized spacial score (nSPS) is 18.1. The van der Waals surface area contributed by atoms with Gasteiger partial charge in [-0.1, -0.05) is 0 Å². The molecule has 1 heterocycles. The molecule has 0 radical (unpaired) electrons. The van der Waals surface area contributed by atoms with Crippen LogP contribution in [0.1, 0.15) is 0 Å². The zero-order valence-electron chi connectivity index (χ0n) is 7.87. The van der Waals surface area contributed by atoms with Gasteiger partial charge in [0, 0.05) is 26.2 Å². The second-order valence-corrected chi connectivity index (χ2v) is 3.22. The Hall–Kier alpha value is -1.13. The van der Waals surface area contributed by atoms with Crippen LogP contribution in [-0.4, -0.2) is 31.2 Å². The van der Waals surface area contributed by atoms with E-state index in [4.69, 9.17) is 4.84 Å². The van der Waals surface area contributed by atoms with Crippen LogP contribution in [0.15, 0.2) is 24.3 Å². The summed E-state index contributed by atoms with van der Waals surface area (Å²) in [4.78, 5) is 5.54. The Balaban J connectivity index is 1.92. The van der Waals surface area contributed by atoms with Crippen molar-refractivity contribution >= 4 is 0 Å². The fourth-order valence-electron chi connectivity index (χ4n) is 1.38. The van der Waals surface area contributed by atoms with Crippen molar-refractivity contribution in [1.29, 1.82) is 0 Å². The molecule has 2 rings (SSSR count). The number of hydrogen-bond donors (Lipinski definition) is 1. The van der Waals surface area contributed by atoms with Crippen molar-refractivity contribution < 1.29 is 9.23 Å². The van der Waals surface area contributed by atoms with Gasteiger partial charge in [0.1, 0.15) is 11.6 Å². The fraction of sp³-hybridized carbons (Fsp3) is 0.400. The summed E-state index contributed by atoms with van der Waals surface area (Å²) in [6, 6.07) is 6.07. The molecule has 0 atom stereocenters. The molecule has 0 aromatic heterocycles. The monoisotopic (exact) mass is 196 g/mol. The van der Waals surface area contributed by atoms with E-state index in [-0.39, 0.29) is 5.82 Å². The molecule has 1 aliphatic rings. The van der Waals surface area contributed by atoms with Gasteiger partial charge in [-0.3, -0.25) is 0 Å². The number of nitrogens with zero attached hydrogens (tertiary/aromatic N) is 1. The van der Waals surface area contributed by atoms with Gasteiger partial charge in [0.25, 0.3) is 0 Å². The van der Waals surface area contributed by atoms with Gasteiger partial charge in [-0.15, -0.1) is 5.06 Å². The van der Waals surface area contributed by atoms with Gasteiger partial charge in [-0.25, -0.2) is 4.39 Å². The molecule has 4 heteroatoms. The summed E-state index contributed by atoms with van der Waals surface area (Å²) < 4.78 is 12.6. The third-order valence-corrected chi connectivity index (χ3v) is 2.12. The summed E-state index contributed by atoms with van der Waals surface area (Å²) in [7, 11) is 0. The number of nitrogens with one attached hydrogen (secondary N) is 1. The molecule has 1 N–H and O–H groups in total. The lowest BCUT2D eigenvalue weighted by molar-refractivity contribution is -0.0664. The molecule has 0 saturated carbocycles. The standard InChI is InChI=1S/C10H13FN2O/c11-9-1-3-10(4-2-9)14-13-7-5-12-6-8-13/h1-4,12H,5-8H2. The van der Waals surface area contributed by atoms with Gasteiger partial charge in [-0.2, -0.15) is 0 Å². The van der Waals surface area contributed by atoms with Crippen LogP contribution < -0.4 is 10.2 Å². The fourth-order valence-corrected chi connectivity index (χ4v) is 1.38. The zero-order chi connectivity index (χ0) is 9.80. The second-order valence-electron chi connectivity index (χ2n) is 3.22. The van der Waals surface area contributed by atoms with Crippen LogP contribution in [-0.2, 0) is 0 Å². The first-order valence-electron chi connectivity index (χ1n) is 4.74. The molecule has 3 nitrogen and oxygen atoms in total. The van der Waals surface area contributed by atoms with E-state index in [0.717, 1.165) is 26.2 Å². The maximum Gasteiger partial charge on any atom is 0.147 e. The van der Waals surface area contributed by atoms with E-state index >= 15 is 0 Å². The van der Waals surface area contributed by atoms with Gasteiger partial charge in [0.05, 0.1) is 0 Å². The minimum Gasteiger partial charge on any atom is -0.406 e. The van der Waals surface area contributed by atoms with Crippen LogP contribution in [0, 0.1) is 5.82 Å². The Morgan fingerprint density at radius 2 is 1.79 bits per heavy atom. The Labute approximate surface area is 82.4 Å². The molecular formula is C10H13FN2O. The van der Waals surface area contributed by atoms with Gasteiger partial charge in [0.2, 0.25) is 0 Å². The average Bonchev–Trinajstić information content (AvgIpc) is 2.23. The number of hydrogen-bond acceptors (Lipinski definition) is 3. The highest BCUT2D eigenvalue weighted by Crippen LogP contribution is 2.12. The van der Waals surface area contributed by atoms with E-state index in [1.165, 1.54) is 12.1 Å². The predicted molar refractivity (Wildman–Crippen MR) is 51.5 cm³/mol. The van der Waals surface area contributed by atoms with Crippen LogP contribution in [0.3, 0.4) is 0 Å². The van der Waals surface area contributed by atoms with E-state index in [0.29, 0.717) is 5.75 Å². The largest absolute Gasteiger partial charge is 0.406 e. The van der Waals surface area contributed by atoms with Crippen molar-refractivity contribution in [1.82, 2.24) is 10.4 Å². The summed E-state index contributed by atoms with van der Waals surface area (Å²) in [5.74, 6) is 0.450. The molecule has 1 aromatic carbocycles. The Morgan fingerprint density at radius 3 is 2.43 bits per heavy atom. The summed E-state index contributed by atoms with van der Waals surface area (Å²) in [5.41, 5.74) is 0. The third kappa shape index (κ3) is 2.43. The highest BCUT2D eigenvalue weighted by atomic mass is 19.1. The second kappa shape index (κ2) is 4.39.